The van der Waals surface area contributed by atoms with Crippen molar-refractivity contribution < 1.29 is 4.79 Å². The van der Waals surface area contributed by atoms with Gasteiger partial charge in [0, 0.05) is 25.2 Å². The molecule has 1 heterocycles. The van der Waals surface area contributed by atoms with Crippen LogP contribution in [0, 0.1) is 0 Å². The van der Waals surface area contributed by atoms with E-state index in [1.807, 2.05) is 35.2 Å². The Morgan fingerprint density at radius 2 is 1.80 bits per heavy atom. The lowest BCUT2D eigenvalue weighted by Crippen LogP contribution is -2.59. The second-order valence-corrected chi connectivity index (χ2v) is 5.90. The van der Waals surface area contributed by atoms with Gasteiger partial charge >= 0.3 is 0 Å². The van der Waals surface area contributed by atoms with Gasteiger partial charge in [0.1, 0.15) is 0 Å². The molecule has 2 rings (SSSR count). The summed E-state index contributed by atoms with van der Waals surface area (Å²) < 4.78 is 0. The molecular weight excluding hydrogens is 250 g/mol. The average Bonchev–Trinajstić information content (AvgIpc) is 2.44. The number of likely N-dealkylation sites (N-methyl/N-ethyl adjacent to an activating group) is 1. The van der Waals surface area contributed by atoms with Crippen LogP contribution < -0.4 is 5.73 Å². The zero-order valence-electron chi connectivity index (χ0n) is 12.6. The van der Waals surface area contributed by atoms with Crippen molar-refractivity contribution >= 4 is 5.91 Å². The summed E-state index contributed by atoms with van der Waals surface area (Å²) in [5.74, 6) is 0.0700. The minimum Gasteiger partial charge on any atom is -0.338 e. The van der Waals surface area contributed by atoms with Gasteiger partial charge in [0.15, 0.2) is 0 Å². The molecule has 1 aromatic rings. The third kappa shape index (κ3) is 3.38. The van der Waals surface area contributed by atoms with Crippen LogP contribution in [0.2, 0.25) is 0 Å². The molecule has 0 saturated carbocycles. The molecule has 1 saturated heterocycles. The maximum absolute atomic E-state index is 12.5. The van der Waals surface area contributed by atoms with Crippen LogP contribution in [0.15, 0.2) is 30.3 Å². The maximum Gasteiger partial charge on any atom is 0.239 e. The lowest BCUT2D eigenvalue weighted by atomic mass is 10.0. The van der Waals surface area contributed by atoms with Crippen molar-refractivity contribution in [3.63, 3.8) is 0 Å². The summed E-state index contributed by atoms with van der Waals surface area (Å²) in [6.07, 6.45) is 0.606. The van der Waals surface area contributed by atoms with Crippen LogP contribution in [0.1, 0.15) is 19.4 Å². The van der Waals surface area contributed by atoms with Crippen molar-refractivity contribution in [1.29, 1.82) is 0 Å². The van der Waals surface area contributed by atoms with E-state index < -0.39 is 6.04 Å². The van der Waals surface area contributed by atoms with Gasteiger partial charge in [0.05, 0.1) is 6.04 Å². The van der Waals surface area contributed by atoms with Gasteiger partial charge in [0.25, 0.3) is 0 Å². The van der Waals surface area contributed by atoms with E-state index >= 15 is 0 Å². The van der Waals surface area contributed by atoms with Gasteiger partial charge in [-0.05, 0) is 32.9 Å². The molecule has 0 aliphatic carbocycles. The zero-order valence-corrected chi connectivity index (χ0v) is 12.6. The summed E-state index contributed by atoms with van der Waals surface area (Å²) in [7, 11) is 2.11. The molecule has 4 heteroatoms. The first-order valence-electron chi connectivity index (χ1n) is 7.29. The predicted molar refractivity (Wildman–Crippen MR) is 81.4 cm³/mol. The highest BCUT2D eigenvalue weighted by molar-refractivity contribution is 5.82. The zero-order chi connectivity index (χ0) is 14.7. The molecule has 20 heavy (non-hydrogen) atoms. The maximum atomic E-state index is 12.5. The van der Waals surface area contributed by atoms with Gasteiger partial charge in [0.2, 0.25) is 5.91 Å². The lowest BCUT2D eigenvalue weighted by molar-refractivity contribution is -0.136. The summed E-state index contributed by atoms with van der Waals surface area (Å²) in [4.78, 5) is 16.7. The molecule has 1 aliphatic rings. The highest BCUT2D eigenvalue weighted by atomic mass is 16.2. The second-order valence-electron chi connectivity index (χ2n) is 5.90. The average molecular weight is 275 g/mol. The van der Waals surface area contributed by atoms with Gasteiger partial charge in [-0.15, -0.1) is 0 Å². The van der Waals surface area contributed by atoms with Gasteiger partial charge in [-0.2, -0.15) is 0 Å². The number of piperazine rings is 1. The van der Waals surface area contributed by atoms with Gasteiger partial charge < -0.3 is 10.6 Å². The first kappa shape index (κ1) is 15.0. The molecule has 0 radical (unpaired) electrons. The van der Waals surface area contributed by atoms with Crippen LogP contribution in [0.25, 0.3) is 0 Å². The summed E-state index contributed by atoms with van der Waals surface area (Å²) in [6.45, 7) is 5.83. The topological polar surface area (TPSA) is 49.6 Å². The van der Waals surface area contributed by atoms with Crippen molar-refractivity contribution in [3.8, 4) is 0 Å². The first-order chi connectivity index (χ1) is 9.49. The van der Waals surface area contributed by atoms with E-state index in [-0.39, 0.29) is 5.91 Å². The molecule has 1 fully saturated rings. The molecular formula is C16H25N3O. The van der Waals surface area contributed by atoms with Crippen molar-refractivity contribution in [2.75, 3.05) is 20.1 Å². The Bertz CT molecular complexity index is 436. The highest BCUT2D eigenvalue weighted by Crippen LogP contribution is 2.15. The molecule has 1 amide bonds. The van der Waals surface area contributed by atoms with Crippen LogP contribution in [0.5, 0.6) is 0 Å². The SMILES string of the molecule is CC1CN(C(=O)[C@@H](N)Cc2ccccc2)CC(C)N1C. The summed E-state index contributed by atoms with van der Waals surface area (Å²) in [6, 6.07) is 10.3. The molecule has 3 atom stereocenters. The number of amides is 1. The van der Waals surface area contributed by atoms with E-state index in [1.165, 1.54) is 0 Å². The molecule has 4 nitrogen and oxygen atoms in total. The fourth-order valence-electron chi connectivity index (χ4n) is 2.77. The molecule has 110 valence electrons. The Kier molecular flexibility index (Phi) is 4.78. The quantitative estimate of drug-likeness (QED) is 0.899. The van der Waals surface area contributed by atoms with Crippen LogP contribution in [-0.2, 0) is 11.2 Å². The van der Waals surface area contributed by atoms with Gasteiger partial charge in [-0.3, -0.25) is 9.69 Å². The summed E-state index contributed by atoms with van der Waals surface area (Å²) in [5, 5.41) is 0. The van der Waals surface area contributed by atoms with Crippen LogP contribution in [0.4, 0.5) is 0 Å². The largest absolute Gasteiger partial charge is 0.338 e. The molecule has 2 N–H and O–H groups in total. The lowest BCUT2D eigenvalue weighted by Gasteiger charge is -2.43. The van der Waals surface area contributed by atoms with E-state index in [9.17, 15) is 4.79 Å². The van der Waals surface area contributed by atoms with Gasteiger partial charge in [-0.25, -0.2) is 0 Å². The summed E-state index contributed by atoms with van der Waals surface area (Å²) in [5.41, 5.74) is 7.22. The number of rotatable bonds is 3. The molecule has 1 aromatic carbocycles. The number of carbonyl (C=O) groups excluding carboxylic acids is 1. The third-order valence-electron chi connectivity index (χ3n) is 4.29. The Morgan fingerprint density at radius 1 is 1.25 bits per heavy atom. The van der Waals surface area contributed by atoms with Crippen LogP contribution >= 0.6 is 0 Å². The van der Waals surface area contributed by atoms with E-state index in [4.69, 9.17) is 5.73 Å². The normalized spacial score (nSPS) is 25.5. The number of hydrogen-bond acceptors (Lipinski definition) is 3. The third-order valence-corrected chi connectivity index (χ3v) is 4.29. The highest BCUT2D eigenvalue weighted by Gasteiger charge is 2.31. The van der Waals surface area contributed by atoms with E-state index in [0.29, 0.717) is 18.5 Å². The smallest absolute Gasteiger partial charge is 0.239 e. The van der Waals surface area contributed by atoms with Crippen molar-refractivity contribution in [2.24, 2.45) is 5.73 Å². The van der Waals surface area contributed by atoms with Crippen molar-refractivity contribution in [3.05, 3.63) is 35.9 Å². The Balaban J connectivity index is 1.97. The number of hydrogen-bond donors (Lipinski definition) is 1. The molecule has 0 bridgehead atoms. The number of nitrogens with zero attached hydrogens (tertiary/aromatic N) is 2. The Labute approximate surface area is 121 Å². The fourth-order valence-corrected chi connectivity index (χ4v) is 2.77. The molecule has 2 unspecified atom stereocenters. The minimum atomic E-state index is -0.444. The minimum absolute atomic E-state index is 0.0700. The standard InChI is InChI=1S/C16H25N3O/c1-12-10-19(11-13(2)18(12)3)16(20)15(17)9-14-7-5-4-6-8-14/h4-8,12-13,15H,9-11,17H2,1-3H3/t12?,13?,15-/m0/s1. The Morgan fingerprint density at radius 3 is 2.35 bits per heavy atom. The monoisotopic (exact) mass is 275 g/mol. The van der Waals surface area contributed by atoms with Crippen molar-refractivity contribution in [2.45, 2.75) is 38.4 Å². The Hall–Kier alpha value is -1.39. The predicted octanol–water partition coefficient (Wildman–Crippen LogP) is 1.11. The number of benzene rings is 1. The molecule has 1 aliphatic heterocycles. The molecule has 0 aromatic heterocycles. The summed E-state index contributed by atoms with van der Waals surface area (Å²) >= 11 is 0. The van der Waals surface area contributed by atoms with Crippen LogP contribution in [0.3, 0.4) is 0 Å². The van der Waals surface area contributed by atoms with E-state index in [1.54, 1.807) is 0 Å². The van der Waals surface area contributed by atoms with Crippen molar-refractivity contribution in [1.82, 2.24) is 9.80 Å². The molecule has 0 spiro atoms. The van der Waals surface area contributed by atoms with E-state index in [2.05, 4.69) is 25.8 Å². The van der Waals surface area contributed by atoms with Gasteiger partial charge in [-0.1, -0.05) is 30.3 Å². The number of nitrogens with two attached hydrogens (primary N) is 1. The second kappa shape index (κ2) is 6.37. The fraction of sp³-hybridized carbons (Fsp3) is 0.562. The van der Waals surface area contributed by atoms with E-state index in [0.717, 1.165) is 18.7 Å². The van der Waals surface area contributed by atoms with Crippen LogP contribution in [-0.4, -0.2) is 54.0 Å². The number of carbonyl (C=O) groups is 1. The first-order valence-corrected chi connectivity index (χ1v) is 7.29.